The SMILES string of the molecule is Cc1ccc(Cl)c(OC(C)C(=O)NNC(=S)Nc2ccc(Cl)cc2)c1. The highest BCUT2D eigenvalue weighted by molar-refractivity contribution is 7.80. The molecule has 0 heterocycles. The first-order valence-electron chi connectivity index (χ1n) is 7.40. The maximum absolute atomic E-state index is 12.1. The number of nitrogens with one attached hydrogen (secondary N) is 3. The summed E-state index contributed by atoms with van der Waals surface area (Å²) in [5.74, 6) is 0.0593. The molecule has 0 aliphatic carbocycles. The normalized spacial score (nSPS) is 11.4. The van der Waals surface area contributed by atoms with Gasteiger partial charge in [0, 0.05) is 10.7 Å². The van der Waals surface area contributed by atoms with E-state index in [1.165, 1.54) is 0 Å². The first-order valence-corrected chi connectivity index (χ1v) is 8.57. The summed E-state index contributed by atoms with van der Waals surface area (Å²) in [5, 5.41) is 4.21. The zero-order valence-corrected chi connectivity index (χ0v) is 15.9. The quantitative estimate of drug-likeness (QED) is 0.535. The first kappa shape index (κ1) is 19.3. The number of amides is 1. The third-order valence-corrected chi connectivity index (χ3v) is 3.93. The molecule has 1 unspecified atom stereocenters. The van der Waals surface area contributed by atoms with Crippen LogP contribution in [0.15, 0.2) is 42.5 Å². The van der Waals surface area contributed by atoms with E-state index in [1.54, 1.807) is 43.3 Å². The third kappa shape index (κ3) is 6.08. The minimum atomic E-state index is -0.759. The standard InChI is InChI=1S/C17H17Cl2N3O2S/c1-10-3-8-14(19)15(9-10)24-11(2)16(23)21-22-17(25)20-13-6-4-12(18)5-7-13/h3-9,11H,1-2H3,(H,21,23)(H2,20,22,25). The van der Waals surface area contributed by atoms with Gasteiger partial charge in [0.15, 0.2) is 11.2 Å². The van der Waals surface area contributed by atoms with Crippen molar-refractivity contribution in [1.29, 1.82) is 0 Å². The van der Waals surface area contributed by atoms with Crippen LogP contribution in [0.4, 0.5) is 5.69 Å². The van der Waals surface area contributed by atoms with Crippen LogP contribution in [0, 0.1) is 6.92 Å². The predicted molar refractivity (Wildman–Crippen MR) is 105 cm³/mol. The molecule has 1 atom stereocenters. The average molecular weight is 398 g/mol. The van der Waals surface area contributed by atoms with Crippen LogP contribution in [0.3, 0.4) is 0 Å². The number of hydrazine groups is 1. The summed E-state index contributed by atoms with van der Waals surface area (Å²) in [7, 11) is 0. The van der Waals surface area contributed by atoms with E-state index in [0.29, 0.717) is 15.8 Å². The van der Waals surface area contributed by atoms with Crippen LogP contribution < -0.4 is 20.9 Å². The molecule has 0 bridgehead atoms. The van der Waals surface area contributed by atoms with Crippen molar-refractivity contribution in [3.05, 3.63) is 58.1 Å². The predicted octanol–water partition coefficient (Wildman–Crippen LogP) is 4.09. The number of carbonyl (C=O) groups is 1. The Hall–Kier alpha value is -2.02. The van der Waals surface area contributed by atoms with E-state index < -0.39 is 12.0 Å². The zero-order chi connectivity index (χ0) is 18.4. The van der Waals surface area contributed by atoms with Crippen molar-refractivity contribution in [2.45, 2.75) is 20.0 Å². The van der Waals surface area contributed by atoms with Crippen LogP contribution in [0.5, 0.6) is 5.75 Å². The number of aryl methyl sites for hydroxylation is 1. The van der Waals surface area contributed by atoms with Crippen LogP contribution in [0.1, 0.15) is 12.5 Å². The molecule has 0 saturated heterocycles. The smallest absolute Gasteiger partial charge is 0.279 e. The van der Waals surface area contributed by atoms with E-state index in [9.17, 15) is 4.79 Å². The first-order chi connectivity index (χ1) is 11.8. The van der Waals surface area contributed by atoms with E-state index in [-0.39, 0.29) is 5.11 Å². The highest BCUT2D eigenvalue weighted by Crippen LogP contribution is 2.26. The van der Waals surface area contributed by atoms with Gasteiger partial charge in [-0.3, -0.25) is 15.6 Å². The summed E-state index contributed by atoms with van der Waals surface area (Å²) in [5.41, 5.74) is 6.82. The molecule has 2 rings (SSSR count). The second-order valence-electron chi connectivity index (χ2n) is 5.27. The fourth-order valence-electron chi connectivity index (χ4n) is 1.86. The Morgan fingerprint density at radius 2 is 1.80 bits per heavy atom. The van der Waals surface area contributed by atoms with Crippen LogP contribution in [0.25, 0.3) is 0 Å². The molecule has 8 heteroatoms. The number of thiocarbonyl (C=S) groups is 1. The van der Waals surface area contributed by atoms with Gasteiger partial charge in [-0.2, -0.15) is 0 Å². The lowest BCUT2D eigenvalue weighted by molar-refractivity contribution is -0.127. The third-order valence-electron chi connectivity index (χ3n) is 3.16. The monoisotopic (exact) mass is 397 g/mol. The van der Waals surface area contributed by atoms with Crippen molar-refractivity contribution < 1.29 is 9.53 Å². The van der Waals surface area contributed by atoms with Gasteiger partial charge in [-0.25, -0.2) is 0 Å². The number of carbonyl (C=O) groups excluding carboxylic acids is 1. The number of anilines is 1. The number of ether oxygens (including phenoxy) is 1. The maximum Gasteiger partial charge on any atom is 0.279 e. The van der Waals surface area contributed by atoms with E-state index in [0.717, 1.165) is 11.3 Å². The lowest BCUT2D eigenvalue weighted by Gasteiger charge is -2.17. The summed E-state index contributed by atoms with van der Waals surface area (Å²) in [6, 6.07) is 12.3. The Morgan fingerprint density at radius 1 is 1.12 bits per heavy atom. The maximum atomic E-state index is 12.1. The van der Waals surface area contributed by atoms with Crippen LogP contribution >= 0.6 is 35.4 Å². The van der Waals surface area contributed by atoms with Gasteiger partial charge in [0.25, 0.3) is 5.91 Å². The lowest BCUT2D eigenvalue weighted by atomic mass is 10.2. The molecule has 0 radical (unpaired) electrons. The molecule has 0 aliphatic heterocycles. The summed E-state index contributed by atoms with van der Waals surface area (Å²) >= 11 is 17.0. The zero-order valence-electron chi connectivity index (χ0n) is 13.6. The topological polar surface area (TPSA) is 62.4 Å². The van der Waals surface area contributed by atoms with Gasteiger partial charge in [-0.15, -0.1) is 0 Å². The van der Waals surface area contributed by atoms with Crippen molar-refractivity contribution in [3.63, 3.8) is 0 Å². The summed E-state index contributed by atoms with van der Waals surface area (Å²) in [4.78, 5) is 12.1. The van der Waals surface area contributed by atoms with Gasteiger partial charge in [-0.1, -0.05) is 29.3 Å². The van der Waals surface area contributed by atoms with Crippen LogP contribution in [0.2, 0.25) is 10.0 Å². The number of hydrogen-bond donors (Lipinski definition) is 3. The van der Waals surface area contributed by atoms with Gasteiger partial charge < -0.3 is 10.1 Å². The van der Waals surface area contributed by atoms with Gasteiger partial charge in [0.2, 0.25) is 0 Å². The summed E-state index contributed by atoms with van der Waals surface area (Å²) in [6.07, 6.45) is -0.759. The number of halogens is 2. The second-order valence-corrected chi connectivity index (χ2v) is 6.52. The fraction of sp³-hybridized carbons (Fsp3) is 0.176. The van der Waals surface area contributed by atoms with Gasteiger partial charge in [-0.05, 0) is 68.0 Å². The Bertz CT molecular complexity index is 769. The fourth-order valence-corrected chi connectivity index (χ4v) is 2.32. The molecule has 1 amide bonds. The molecule has 0 saturated carbocycles. The Balaban J connectivity index is 1.83. The highest BCUT2D eigenvalue weighted by atomic mass is 35.5. The number of rotatable bonds is 4. The molecule has 0 spiro atoms. The van der Waals surface area contributed by atoms with Crippen molar-refractivity contribution in [3.8, 4) is 5.75 Å². The van der Waals surface area contributed by atoms with Crippen molar-refractivity contribution in [2.75, 3.05) is 5.32 Å². The minimum Gasteiger partial charge on any atom is -0.479 e. The number of benzene rings is 2. The van der Waals surface area contributed by atoms with Gasteiger partial charge in [0.1, 0.15) is 5.75 Å². The molecule has 2 aromatic rings. The van der Waals surface area contributed by atoms with E-state index in [4.69, 9.17) is 40.2 Å². The minimum absolute atomic E-state index is 0.233. The van der Waals surface area contributed by atoms with E-state index >= 15 is 0 Å². The molecule has 0 aliphatic rings. The van der Waals surface area contributed by atoms with Crippen LogP contribution in [-0.4, -0.2) is 17.1 Å². The lowest BCUT2D eigenvalue weighted by Crippen LogP contribution is -2.48. The van der Waals surface area contributed by atoms with Crippen molar-refractivity contribution in [1.82, 2.24) is 10.9 Å². The summed E-state index contributed by atoms with van der Waals surface area (Å²) in [6.45, 7) is 3.53. The molecular formula is C17H17Cl2N3O2S. The molecule has 132 valence electrons. The molecule has 5 nitrogen and oxygen atoms in total. The molecule has 2 aromatic carbocycles. The molecule has 25 heavy (non-hydrogen) atoms. The molecular weight excluding hydrogens is 381 g/mol. The summed E-state index contributed by atoms with van der Waals surface area (Å²) < 4.78 is 5.59. The molecule has 0 fully saturated rings. The van der Waals surface area contributed by atoms with Gasteiger partial charge >= 0.3 is 0 Å². The Kier molecular flexibility index (Phi) is 6.87. The van der Waals surface area contributed by atoms with Crippen LogP contribution in [-0.2, 0) is 4.79 Å². The van der Waals surface area contributed by atoms with E-state index in [2.05, 4.69) is 16.2 Å². The molecule has 0 aromatic heterocycles. The van der Waals surface area contributed by atoms with E-state index in [1.807, 2.05) is 13.0 Å². The molecule has 3 N–H and O–H groups in total. The Labute approximate surface area is 161 Å². The second kappa shape index (κ2) is 8.89. The Morgan fingerprint density at radius 3 is 2.48 bits per heavy atom. The van der Waals surface area contributed by atoms with Crippen molar-refractivity contribution >= 4 is 52.1 Å². The van der Waals surface area contributed by atoms with Gasteiger partial charge in [0.05, 0.1) is 5.02 Å². The highest BCUT2D eigenvalue weighted by Gasteiger charge is 2.16. The largest absolute Gasteiger partial charge is 0.479 e. The van der Waals surface area contributed by atoms with Crippen molar-refractivity contribution in [2.24, 2.45) is 0 Å². The number of hydrogen-bond acceptors (Lipinski definition) is 3. The average Bonchev–Trinajstić information content (AvgIpc) is 2.58.